The lowest BCUT2D eigenvalue weighted by Crippen LogP contribution is -2.32. The van der Waals surface area contributed by atoms with Crippen molar-refractivity contribution in [2.45, 2.75) is 31.1 Å². The van der Waals surface area contributed by atoms with Gasteiger partial charge in [0, 0.05) is 12.0 Å². The molecule has 1 aromatic carbocycles. The summed E-state index contributed by atoms with van der Waals surface area (Å²) in [5.74, 6) is -0.296. The van der Waals surface area contributed by atoms with Crippen molar-refractivity contribution in [1.29, 1.82) is 0 Å². The minimum atomic E-state index is -0.408. The number of nitrogens with two attached hydrogens (primary N) is 1. The highest BCUT2D eigenvalue weighted by atomic mass is 35.5. The molecule has 1 fully saturated rings. The molecule has 0 aromatic heterocycles. The molecular formula is C13H17ClFNO. The van der Waals surface area contributed by atoms with E-state index >= 15 is 0 Å². The first-order valence-corrected chi connectivity index (χ1v) is 6.24. The highest BCUT2D eigenvalue weighted by Gasteiger charge is 2.35. The van der Waals surface area contributed by atoms with Crippen LogP contribution in [-0.2, 0) is 5.41 Å². The average Bonchev–Trinajstić information content (AvgIpc) is 2.78. The van der Waals surface area contributed by atoms with E-state index in [0.717, 1.165) is 31.2 Å². The molecule has 2 N–H and O–H groups in total. The minimum absolute atomic E-state index is 0.100. The van der Waals surface area contributed by atoms with Gasteiger partial charge in [0.25, 0.3) is 0 Å². The maximum Gasteiger partial charge on any atom is 0.173 e. The summed E-state index contributed by atoms with van der Waals surface area (Å²) < 4.78 is 18.7. The molecule has 0 heterocycles. The largest absolute Gasteiger partial charge is 0.492 e. The van der Waals surface area contributed by atoms with Crippen molar-refractivity contribution in [2.75, 3.05) is 13.7 Å². The zero-order valence-corrected chi connectivity index (χ0v) is 10.7. The lowest BCUT2D eigenvalue weighted by Gasteiger charge is -2.28. The van der Waals surface area contributed by atoms with Crippen LogP contribution in [0.2, 0.25) is 5.02 Å². The number of hydrogen-bond acceptors (Lipinski definition) is 2. The Morgan fingerprint density at radius 2 is 2.06 bits per heavy atom. The Labute approximate surface area is 106 Å². The Hall–Kier alpha value is -0.800. The Kier molecular flexibility index (Phi) is 3.59. The summed E-state index contributed by atoms with van der Waals surface area (Å²) >= 11 is 6.03. The zero-order valence-electron chi connectivity index (χ0n) is 9.93. The summed E-state index contributed by atoms with van der Waals surface area (Å²) in [6.45, 7) is 0.537. The van der Waals surface area contributed by atoms with E-state index in [4.69, 9.17) is 22.1 Å². The normalized spacial score (nSPS) is 18.4. The van der Waals surface area contributed by atoms with Crippen LogP contribution in [0.5, 0.6) is 5.75 Å². The fourth-order valence-corrected chi connectivity index (χ4v) is 3.01. The second-order valence-corrected chi connectivity index (χ2v) is 5.07. The number of rotatable bonds is 3. The number of hydrogen-bond donors (Lipinski definition) is 1. The summed E-state index contributed by atoms with van der Waals surface area (Å²) in [6, 6.07) is 3.31. The molecular weight excluding hydrogens is 241 g/mol. The fourth-order valence-electron chi connectivity index (χ4n) is 2.72. The monoisotopic (exact) mass is 257 g/mol. The van der Waals surface area contributed by atoms with Gasteiger partial charge in [-0.25, -0.2) is 4.39 Å². The first kappa shape index (κ1) is 12.7. The van der Waals surface area contributed by atoms with E-state index in [1.807, 2.05) is 0 Å². The van der Waals surface area contributed by atoms with Crippen molar-refractivity contribution in [3.63, 3.8) is 0 Å². The van der Waals surface area contributed by atoms with Gasteiger partial charge in [-0.3, -0.25) is 0 Å². The second kappa shape index (κ2) is 4.83. The van der Waals surface area contributed by atoms with Crippen LogP contribution in [-0.4, -0.2) is 13.7 Å². The molecule has 0 atom stereocenters. The molecule has 2 rings (SSSR count). The topological polar surface area (TPSA) is 35.2 Å². The highest BCUT2D eigenvalue weighted by Crippen LogP contribution is 2.43. The van der Waals surface area contributed by atoms with Crippen LogP contribution in [0.4, 0.5) is 4.39 Å². The Morgan fingerprint density at radius 1 is 1.41 bits per heavy atom. The van der Waals surface area contributed by atoms with Crippen molar-refractivity contribution in [1.82, 2.24) is 0 Å². The summed E-state index contributed by atoms with van der Waals surface area (Å²) in [5.41, 5.74) is 6.68. The molecule has 0 radical (unpaired) electrons. The molecule has 1 saturated carbocycles. The summed E-state index contributed by atoms with van der Waals surface area (Å²) in [4.78, 5) is 0. The Morgan fingerprint density at radius 3 is 2.53 bits per heavy atom. The standard InChI is InChI=1S/C13H17ClFNO/c1-17-12-10(14)6-9(7-11(12)15)13(8-16)4-2-3-5-13/h6-7H,2-5,8,16H2,1H3. The average molecular weight is 258 g/mol. The van der Waals surface area contributed by atoms with E-state index in [2.05, 4.69) is 0 Å². The molecule has 17 heavy (non-hydrogen) atoms. The van der Waals surface area contributed by atoms with Crippen LogP contribution in [0.1, 0.15) is 31.2 Å². The predicted molar refractivity (Wildman–Crippen MR) is 67.2 cm³/mol. The van der Waals surface area contributed by atoms with Crippen LogP contribution in [0, 0.1) is 5.82 Å². The molecule has 1 aliphatic carbocycles. The molecule has 0 unspecified atom stereocenters. The summed E-state index contributed by atoms with van der Waals surface area (Å²) in [7, 11) is 1.41. The molecule has 94 valence electrons. The van der Waals surface area contributed by atoms with Gasteiger partial charge in [0.1, 0.15) is 0 Å². The van der Waals surface area contributed by atoms with E-state index in [-0.39, 0.29) is 11.2 Å². The van der Waals surface area contributed by atoms with Gasteiger partial charge in [0.15, 0.2) is 11.6 Å². The van der Waals surface area contributed by atoms with Gasteiger partial charge in [0.05, 0.1) is 12.1 Å². The lowest BCUT2D eigenvalue weighted by molar-refractivity contribution is 0.383. The number of methoxy groups -OCH3 is 1. The molecule has 2 nitrogen and oxygen atoms in total. The Bertz CT molecular complexity index is 393. The second-order valence-electron chi connectivity index (χ2n) is 4.66. The quantitative estimate of drug-likeness (QED) is 0.902. The van der Waals surface area contributed by atoms with Gasteiger partial charge in [-0.2, -0.15) is 0 Å². The van der Waals surface area contributed by atoms with E-state index in [1.54, 1.807) is 6.07 Å². The van der Waals surface area contributed by atoms with Crippen LogP contribution >= 0.6 is 11.6 Å². The highest BCUT2D eigenvalue weighted by molar-refractivity contribution is 6.32. The zero-order chi connectivity index (χ0) is 12.5. The van der Waals surface area contributed by atoms with Gasteiger partial charge in [0.2, 0.25) is 0 Å². The first-order valence-electron chi connectivity index (χ1n) is 5.86. The van der Waals surface area contributed by atoms with Crippen molar-refractivity contribution >= 4 is 11.6 Å². The minimum Gasteiger partial charge on any atom is -0.492 e. The number of benzene rings is 1. The molecule has 0 amide bonds. The van der Waals surface area contributed by atoms with Gasteiger partial charge in [-0.05, 0) is 30.5 Å². The lowest BCUT2D eigenvalue weighted by atomic mass is 9.79. The van der Waals surface area contributed by atoms with Crippen LogP contribution in [0.25, 0.3) is 0 Å². The fraction of sp³-hybridized carbons (Fsp3) is 0.538. The van der Waals surface area contributed by atoms with E-state index in [1.165, 1.54) is 13.2 Å². The Balaban J connectivity index is 2.45. The van der Waals surface area contributed by atoms with Crippen molar-refractivity contribution in [2.24, 2.45) is 5.73 Å². The van der Waals surface area contributed by atoms with E-state index < -0.39 is 5.82 Å². The molecule has 4 heteroatoms. The first-order chi connectivity index (χ1) is 8.13. The molecule has 0 aliphatic heterocycles. The molecule has 1 aliphatic rings. The van der Waals surface area contributed by atoms with Crippen LogP contribution < -0.4 is 10.5 Å². The van der Waals surface area contributed by atoms with Crippen LogP contribution in [0.15, 0.2) is 12.1 Å². The smallest absolute Gasteiger partial charge is 0.173 e. The molecule has 0 bridgehead atoms. The maximum absolute atomic E-state index is 13.8. The van der Waals surface area contributed by atoms with Gasteiger partial charge in [-0.1, -0.05) is 24.4 Å². The third-order valence-corrected chi connectivity index (χ3v) is 4.05. The molecule has 0 spiro atoms. The predicted octanol–water partition coefficient (Wildman–Crippen LogP) is 3.26. The van der Waals surface area contributed by atoms with E-state index in [0.29, 0.717) is 11.6 Å². The van der Waals surface area contributed by atoms with Crippen molar-refractivity contribution < 1.29 is 9.13 Å². The third kappa shape index (κ3) is 2.14. The van der Waals surface area contributed by atoms with Gasteiger partial charge < -0.3 is 10.5 Å². The third-order valence-electron chi connectivity index (χ3n) is 3.77. The van der Waals surface area contributed by atoms with Gasteiger partial charge in [-0.15, -0.1) is 0 Å². The van der Waals surface area contributed by atoms with Gasteiger partial charge >= 0.3 is 0 Å². The molecule has 0 saturated heterocycles. The maximum atomic E-state index is 13.8. The summed E-state index contributed by atoms with van der Waals surface area (Å²) in [5, 5.41) is 0.322. The summed E-state index contributed by atoms with van der Waals surface area (Å²) in [6.07, 6.45) is 4.29. The van der Waals surface area contributed by atoms with Crippen molar-refractivity contribution in [3.8, 4) is 5.75 Å². The number of halogens is 2. The van der Waals surface area contributed by atoms with Crippen molar-refractivity contribution in [3.05, 3.63) is 28.5 Å². The number of ether oxygens (including phenoxy) is 1. The molecule has 1 aromatic rings. The van der Waals surface area contributed by atoms with E-state index in [9.17, 15) is 4.39 Å². The SMILES string of the molecule is COc1c(F)cc(C2(CN)CCCC2)cc1Cl. The van der Waals surface area contributed by atoms with Crippen LogP contribution in [0.3, 0.4) is 0 Å².